The lowest BCUT2D eigenvalue weighted by Gasteiger charge is -2.09. The topological polar surface area (TPSA) is 29.9 Å². The van der Waals surface area contributed by atoms with Crippen LogP contribution in [0.15, 0.2) is 48.5 Å². The summed E-state index contributed by atoms with van der Waals surface area (Å²) in [6, 6.07) is 13.3. The molecule has 0 unspecified atom stereocenters. The van der Waals surface area contributed by atoms with E-state index in [9.17, 15) is 13.2 Å². The van der Waals surface area contributed by atoms with Crippen molar-refractivity contribution in [2.45, 2.75) is 32.4 Å². The van der Waals surface area contributed by atoms with Crippen LogP contribution >= 0.6 is 0 Å². The molecule has 0 fully saturated rings. The number of hydrogen-bond donors (Lipinski definition) is 1. The first-order chi connectivity index (χ1) is 12.9. The van der Waals surface area contributed by atoms with Gasteiger partial charge in [-0.15, -0.1) is 0 Å². The van der Waals surface area contributed by atoms with Gasteiger partial charge in [0, 0.05) is 17.7 Å². The first-order valence-electron chi connectivity index (χ1n) is 9.04. The quantitative estimate of drug-likeness (QED) is 0.634. The van der Waals surface area contributed by atoms with E-state index in [1.807, 2.05) is 35.9 Å². The standard InChI is InChI=1S/C21H20F3N3/c1-14-5-11-17(12-6-14)27-20-18(4-2-3-13-25-20)19(26-27)15-7-9-16(10-8-15)21(22,23)24/h5-12,25H,2-4,13H2,1H3. The summed E-state index contributed by atoms with van der Waals surface area (Å²) >= 11 is 0. The van der Waals surface area contributed by atoms with Crippen molar-refractivity contribution in [2.75, 3.05) is 11.9 Å². The molecule has 3 nitrogen and oxygen atoms in total. The number of fused-ring (bicyclic) bond motifs is 1. The Balaban J connectivity index is 1.82. The molecular weight excluding hydrogens is 351 g/mol. The molecule has 3 aromatic rings. The molecule has 1 aromatic heterocycles. The highest BCUT2D eigenvalue weighted by Gasteiger charge is 2.30. The zero-order valence-electron chi connectivity index (χ0n) is 15.0. The highest BCUT2D eigenvalue weighted by Crippen LogP contribution is 2.36. The van der Waals surface area contributed by atoms with Crippen LogP contribution in [-0.2, 0) is 12.6 Å². The summed E-state index contributed by atoms with van der Waals surface area (Å²) < 4.78 is 40.5. The highest BCUT2D eigenvalue weighted by molar-refractivity contribution is 5.71. The fourth-order valence-corrected chi connectivity index (χ4v) is 3.42. The number of benzene rings is 2. The summed E-state index contributed by atoms with van der Waals surface area (Å²) in [7, 11) is 0. The van der Waals surface area contributed by atoms with Gasteiger partial charge in [-0.1, -0.05) is 29.8 Å². The van der Waals surface area contributed by atoms with Crippen molar-refractivity contribution in [1.82, 2.24) is 9.78 Å². The minimum atomic E-state index is -4.34. The number of nitrogens with one attached hydrogen (secondary N) is 1. The molecule has 4 rings (SSSR count). The number of halogens is 3. The minimum absolute atomic E-state index is 0.645. The van der Waals surface area contributed by atoms with Crippen molar-refractivity contribution in [3.63, 3.8) is 0 Å². The summed E-state index contributed by atoms with van der Waals surface area (Å²) in [4.78, 5) is 0. The molecule has 1 aliphatic rings. The van der Waals surface area contributed by atoms with E-state index in [0.29, 0.717) is 5.56 Å². The largest absolute Gasteiger partial charge is 0.416 e. The maximum atomic E-state index is 12.9. The Hall–Kier alpha value is -2.76. The Bertz CT molecular complexity index is 939. The van der Waals surface area contributed by atoms with Gasteiger partial charge in [0.15, 0.2) is 0 Å². The van der Waals surface area contributed by atoms with E-state index >= 15 is 0 Å². The number of anilines is 1. The number of hydrogen-bond acceptors (Lipinski definition) is 2. The first-order valence-corrected chi connectivity index (χ1v) is 9.04. The maximum Gasteiger partial charge on any atom is 0.416 e. The molecular formula is C21H20F3N3. The van der Waals surface area contributed by atoms with Crippen LogP contribution in [0.2, 0.25) is 0 Å². The van der Waals surface area contributed by atoms with Gasteiger partial charge < -0.3 is 5.32 Å². The van der Waals surface area contributed by atoms with E-state index in [0.717, 1.165) is 66.3 Å². The Morgan fingerprint density at radius 3 is 2.33 bits per heavy atom. The van der Waals surface area contributed by atoms with Crippen LogP contribution < -0.4 is 5.32 Å². The summed E-state index contributed by atoms with van der Waals surface area (Å²) in [5, 5.41) is 8.22. The van der Waals surface area contributed by atoms with Gasteiger partial charge in [-0.05, 0) is 50.5 Å². The lowest BCUT2D eigenvalue weighted by molar-refractivity contribution is -0.137. The Morgan fingerprint density at radius 1 is 0.963 bits per heavy atom. The molecule has 0 bridgehead atoms. The van der Waals surface area contributed by atoms with E-state index in [1.54, 1.807) is 0 Å². The Morgan fingerprint density at radius 2 is 1.67 bits per heavy atom. The van der Waals surface area contributed by atoms with Crippen molar-refractivity contribution in [3.8, 4) is 16.9 Å². The number of aromatic nitrogens is 2. The Labute approximate surface area is 155 Å². The third-order valence-corrected chi connectivity index (χ3v) is 4.89. The monoisotopic (exact) mass is 371 g/mol. The second kappa shape index (κ2) is 6.76. The number of rotatable bonds is 2. The van der Waals surface area contributed by atoms with Crippen molar-refractivity contribution < 1.29 is 13.2 Å². The van der Waals surface area contributed by atoms with Gasteiger partial charge in [-0.25, -0.2) is 4.68 Å². The van der Waals surface area contributed by atoms with Crippen molar-refractivity contribution in [3.05, 3.63) is 65.2 Å². The molecule has 27 heavy (non-hydrogen) atoms. The van der Waals surface area contributed by atoms with Gasteiger partial charge in [0.2, 0.25) is 0 Å². The van der Waals surface area contributed by atoms with E-state index in [-0.39, 0.29) is 0 Å². The van der Waals surface area contributed by atoms with Crippen LogP contribution in [0.25, 0.3) is 16.9 Å². The van der Waals surface area contributed by atoms with Crippen LogP contribution in [0.4, 0.5) is 19.0 Å². The van der Waals surface area contributed by atoms with E-state index in [1.165, 1.54) is 12.1 Å². The molecule has 0 radical (unpaired) electrons. The first kappa shape index (κ1) is 17.6. The zero-order valence-corrected chi connectivity index (χ0v) is 15.0. The van der Waals surface area contributed by atoms with E-state index < -0.39 is 11.7 Å². The fourth-order valence-electron chi connectivity index (χ4n) is 3.42. The van der Waals surface area contributed by atoms with Crippen molar-refractivity contribution >= 4 is 5.82 Å². The summed E-state index contributed by atoms with van der Waals surface area (Å²) in [5.41, 5.74) is 3.96. The van der Waals surface area contributed by atoms with Crippen LogP contribution in [0.1, 0.15) is 29.5 Å². The van der Waals surface area contributed by atoms with Gasteiger partial charge in [0.1, 0.15) is 5.82 Å². The average molecular weight is 371 g/mol. The van der Waals surface area contributed by atoms with Gasteiger partial charge >= 0.3 is 6.18 Å². The smallest absolute Gasteiger partial charge is 0.370 e. The van der Waals surface area contributed by atoms with E-state index in [2.05, 4.69) is 5.32 Å². The highest BCUT2D eigenvalue weighted by atomic mass is 19.4. The second-order valence-electron chi connectivity index (χ2n) is 6.88. The third kappa shape index (κ3) is 3.44. The normalized spacial score (nSPS) is 14.4. The Kier molecular flexibility index (Phi) is 4.42. The van der Waals surface area contributed by atoms with Gasteiger partial charge in [0.05, 0.1) is 16.9 Å². The lowest BCUT2D eigenvalue weighted by atomic mass is 10.0. The molecule has 2 heterocycles. The molecule has 0 saturated heterocycles. The van der Waals surface area contributed by atoms with Crippen LogP contribution in [0.3, 0.4) is 0 Å². The number of alkyl halides is 3. The molecule has 0 aliphatic carbocycles. The molecule has 140 valence electrons. The summed E-state index contributed by atoms with van der Waals surface area (Å²) in [5.74, 6) is 0.936. The zero-order chi connectivity index (χ0) is 19.0. The minimum Gasteiger partial charge on any atom is -0.370 e. The SMILES string of the molecule is Cc1ccc(-n2nc(-c3ccc(C(F)(F)F)cc3)c3c2NCCCC3)cc1. The average Bonchev–Trinajstić information content (AvgIpc) is 2.83. The van der Waals surface area contributed by atoms with Gasteiger partial charge in [0.25, 0.3) is 0 Å². The van der Waals surface area contributed by atoms with Crippen LogP contribution in [0, 0.1) is 6.92 Å². The van der Waals surface area contributed by atoms with Crippen LogP contribution in [0.5, 0.6) is 0 Å². The lowest BCUT2D eigenvalue weighted by Crippen LogP contribution is -2.07. The fraction of sp³-hybridized carbons (Fsp3) is 0.286. The molecule has 2 aromatic carbocycles. The molecule has 0 spiro atoms. The molecule has 0 saturated carbocycles. The summed E-state index contributed by atoms with van der Waals surface area (Å²) in [6.45, 7) is 2.89. The molecule has 1 N–H and O–H groups in total. The molecule has 0 atom stereocenters. The van der Waals surface area contributed by atoms with E-state index in [4.69, 9.17) is 5.10 Å². The van der Waals surface area contributed by atoms with Crippen molar-refractivity contribution in [2.24, 2.45) is 0 Å². The predicted molar refractivity (Wildman–Crippen MR) is 100 cm³/mol. The summed E-state index contributed by atoms with van der Waals surface area (Å²) in [6.07, 6.45) is -1.41. The molecule has 0 amide bonds. The van der Waals surface area contributed by atoms with Crippen molar-refractivity contribution in [1.29, 1.82) is 0 Å². The number of aryl methyl sites for hydroxylation is 1. The van der Waals surface area contributed by atoms with Crippen LogP contribution in [-0.4, -0.2) is 16.3 Å². The predicted octanol–water partition coefficient (Wildman–Crippen LogP) is 5.61. The maximum absolute atomic E-state index is 12.9. The molecule has 1 aliphatic heterocycles. The van der Waals surface area contributed by atoms with Gasteiger partial charge in [-0.2, -0.15) is 18.3 Å². The second-order valence-corrected chi connectivity index (χ2v) is 6.88. The molecule has 6 heteroatoms. The number of nitrogens with zero attached hydrogens (tertiary/aromatic N) is 2. The third-order valence-electron chi connectivity index (χ3n) is 4.89. The van der Waals surface area contributed by atoms with Gasteiger partial charge in [-0.3, -0.25) is 0 Å².